The number of benzene rings is 1. The molecule has 1 aliphatic carbocycles. The summed E-state index contributed by atoms with van der Waals surface area (Å²) in [7, 11) is 0. The molecule has 6 nitrogen and oxygen atoms in total. The van der Waals surface area contributed by atoms with Crippen molar-refractivity contribution in [3.8, 4) is 0 Å². The van der Waals surface area contributed by atoms with E-state index in [4.69, 9.17) is 0 Å². The summed E-state index contributed by atoms with van der Waals surface area (Å²) in [6.45, 7) is 0. The topological polar surface area (TPSA) is 84.0 Å². The van der Waals surface area contributed by atoms with E-state index in [1.54, 1.807) is 18.2 Å². The van der Waals surface area contributed by atoms with E-state index in [2.05, 4.69) is 36.8 Å². The Hall–Kier alpha value is -1.45. The molecule has 9 heteroatoms. The van der Waals surface area contributed by atoms with Crippen molar-refractivity contribution in [1.29, 1.82) is 0 Å². The van der Waals surface area contributed by atoms with Crippen LogP contribution in [0.15, 0.2) is 33.1 Å². The Morgan fingerprint density at radius 3 is 2.84 bits per heavy atom. The summed E-state index contributed by atoms with van der Waals surface area (Å²) < 4.78 is 1.49. The maximum absolute atomic E-state index is 12.2. The Morgan fingerprint density at radius 1 is 1.28 bits per heavy atom. The zero-order valence-electron chi connectivity index (χ0n) is 13.3. The summed E-state index contributed by atoms with van der Waals surface area (Å²) in [5.74, 6) is 0.0878. The van der Waals surface area contributed by atoms with Crippen LogP contribution in [0.1, 0.15) is 36.0 Å². The van der Waals surface area contributed by atoms with Crippen molar-refractivity contribution in [2.75, 3.05) is 11.1 Å². The second kappa shape index (κ2) is 8.77. The minimum absolute atomic E-state index is 0.0202. The van der Waals surface area contributed by atoms with E-state index < -0.39 is 0 Å². The third-order valence-corrected chi connectivity index (χ3v) is 6.23. The molecule has 3 rings (SSSR count). The average Bonchev–Trinajstić information content (AvgIpc) is 3.25. The van der Waals surface area contributed by atoms with Gasteiger partial charge in [0.05, 0.1) is 5.75 Å². The number of thioether (sulfide) groups is 1. The molecule has 0 saturated heterocycles. The molecule has 2 amide bonds. The number of rotatable bonds is 6. The van der Waals surface area contributed by atoms with Crippen LogP contribution < -0.4 is 10.6 Å². The minimum Gasteiger partial charge on any atom is -0.353 e. The first-order chi connectivity index (χ1) is 12.1. The molecule has 132 valence electrons. The van der Waals surface area contributed by atoms with E-state index in [9.17, 15) is 9.59 Å². The second-order valence-corrected chi connectivity index (χ2v) is 8.79. The molecule has 0 aliphatic heterocycles. The third kappa shape index (κ3) is 5.52. The molecule has 1 aliphatic rings. The Bertz CT molecular complexity index is 762. The first-order valence-electron chi connectivity index (χ1n) is 7.93. The molecule has 1 fully saturated rings. The fraction of sp³-hybridized carbons (Fsp3) is 0.375. The number of nitrogens with zero attached hydrogens (tertiary/aromatic N) is 2. The predicted octanol–water partition coefficient (Wildman–Crippen LogP) is 3.70. The van der Waals surface area contributed by atoms with E-state index in [0.717, 1.165) is 17.3 Å². The normalized spacial score (nSPS) is 14.4. The summed E-state index contributed by atoms with van der Waals surface area (Å²) in [6, 6.07) is 7.43. The van der Waals surface area contributed by atoms with Gasteiger partial charge in [-0.15, -0.1) is 10.2 Å². The van der Waals surface area contributed by atoms with Crippen LogP contribution in [0, 0.1) is 0 Å². The van der Waals surface area contributed by atoms with Crippen LogP contribution in [0.4, 0.5) is 5.13 Å². The molecule has 1 heterocycles. The van der Waals surface area contributed by atoms with Crippen LogP contribution in [0.3, 0.4) is 0 Å². The maximum Gasteiger partial charge on any atom is 0.257 e. The summed E-state index contributed by atoms with van der Waals surface area (Å²) in [4.78, 5) is 24.1. The molecule has 1 aromatic carbocycles. The summed E-state index contributed by atoms with van der Waals surface area (Å²) >= 11 is 5.93. The Labute approximate surface area is 162 Å². The van der Waals surface area contributed by atoms with Gasteiger partial charge in [0.15, 0.2) is 4.34 Å². The van der Waals surface area contributed by atoms with Crippen LogP contribution in [-0.4, -0.2) is 33.8 Å². The summed E-state index contributed by atoms with van der Waals surface area (Å²) in [6.07, 6.45) is 4.52. The van der Waals surface area contributed by atoms with Crippen molar-refractivity contribution in [2.24, 2.45) is 0 Å². The largest absolute Gasteiger partial charge is 0.353 e. The molecular formula is C16H17BrN4O2S2. The molecule has 0 radical (unpaired) electrons. The van der Waals surface area contributed by atoms with Crippen molar-refractivity contribution in [3.05, 3.63) is 34.3 Å². The molecule has 2 N–H and O–H groups in total. The van der Waals surface area contributed by atoms with E-state index in [1.165, 1.54) is 35.9 Å². The highest BCUT2D eigenvalue weighted by molar-refractivity contribution is 9.10. The zero-order chi connectivity index (χ0) is 17.6. The highest BCUT2D eigenvalue weighted by Gasteiger charge is 2.17. The van der Waals surface area contributed by atoms with Gasteiger partial charge < -0.3 is 5.32 Å². The molecular weight excluding hydrogens is 424 g/mol. The van der Waals surface area contributed by atoms with Gasteiger partial charge >= 0.3 is 0 Å². The van der Waals surface area contributed by atoms with Crippen molar-refractivity contribution < 1.29 is 9.59 Å². The van der Waals surface area contributed by atoms with Crippen LogP contribution >= 0.6 is 39.0 Å². The molecule has 0 atom stereocenters. The highest BCUT2D eigenvalue weighted by atomic mass is 79.9. The lowest BCUT2D eigenvalue weighted by atomic mass is 10.2. The van der Waals surface area contributed by atoms with Gasteiger partial charge in [-0.1, -0.05) is 57.9 Å². The average molecular weight is 441 g/mol. The number of halogens is 1. The van der Waals surface area contributed by atoms with Gasteiger partial charge in [0.2, 0.25) is 11.0 Å². The number of carbonyl (C=O) groups excluding carboxylic acids is 2. The van der Waals surface area contributed by atoms with Gasteiger partial charge in [0, 0.05) is 16.1 Å². The molecule has 25 heavy (non-hydrogen) atoms. The summed E-state index contributed by atoms with van der Waals surface area (Å²) in [5.41, 5.74) is 0.537. The smallest absolute Gasteiger partial charge is 0.257 e. The van der Waals surface area contributed by atoms with Crippen molar-refractivity contribution in [3.63, 3.8) is 0 Å². The quantitative estimate of drug-likeness (QED) is 0.528. The first-order valence-corrected chi connectivity index (χ1v) is 10.5. The highest BCUT2D eigenvalue weighted by Crippen LogP contribution is 2.26. The number of hydrogen-bond acceptors (Lipinski definition) is 6. The fourth-order valence-electron chi connectivity index (χ4n) is 2.58. The molecule has 0 bridgehead atoms. The van der Waals surface area contributed by atoms with Crippen LogP contribution in [0.25, 0.3) is 0 Å². The monoisotopic (exact) mass is 440 g/mol. The number of nitrogens with one attached hydrogen (secondary N) is 2. The fourth-order valence-corrected chi connectivity index (χ4v) is 4.54. The number of hydrogen-bond donors (Lipinski definition) is 2. The lowest BCUT2D eigenvalue weighted by Gasteiger charge is -2.10. The van der Waals surface area contributed by atoms with Gasteiger partial charge in [0.25, 0.3) is 5.91 Å². The maximum atomic E-state index is 12.2. The molecule has 0 unspecified atom stereocenters. The zero-order valence-corrected chi connectivity index (χ0v) is 16.5. The number of aromatic nitrogens is 2. The molecule has 1 saturated carbocycles. The van der Waals surface area contributed by atoms with Crippen LogP contribution in [-0.2, 0) is 4.79 Å². The lowest BCUT2D eigenvalue weighted by molar-refractivity contribution is -0.119. The number of carbonyl (C=O) groups is 2. The molecule has 0 spiro atoms. The number of anilines is 1. The van der Waals surface area contributed by atoms with Gasteiger partial charge in [-0.3, -0.25) is 14.9 Å². The van der Waals surface area contributed by atoms with E-state index in [0.29, 0.717) is 26.8 Å². The van der Waals surface area contributed by atoms with Crippen molar-refractivity contribution in [1.82, 2.24) is 15.5 Å². The Morgan fingerprint density at radius 2 is 2.08 bits per heavy atom. The SMILES string of the molecule is O=C(CSc1nnc(NC(=O)c2cccc(Br)c2)s1)NC1CCCC1. The van der Waals surface area contributed by atoms with E-state index in [-0.39, 0.29) is 11.8 Å². The van der Waals surface area contributed by atoms with Crippen molar-refractivity contribution in [2.45, 2.75) is 36.1 Å². The van der Waals surface area contributed by atoms with Crippen LogP contribution in [0.5, 0.6) is 0 Å². The Kier molecular flexibility index (Phi) is 6.44. The van der Waals surface area contributed by atoms with Gasteiger partial charge in [-0.25, -0.2) is 0 Å². The van der Waals surface area contributed by atoms with Crippen LogP contribution in [0.2, 0.25) is 0 Å². The summed E-state index contributed by atoms with van der Waals surface area (Å²) in [5, 5.41) is 14.2. The van der Waals surface area contributed by atoms with Gasteiger partial charge in [-0.2, -0.15) is 0 Å². The minimum atomic E-state index is -0.243. The predicted molar refractivity (Wildman–Crippen MR) is 103 cm³/mol. The standard InChI is InChI=1S/C16H17BrN4O2S2/c17-11-5-3-4-10(8-11)14(23)19-15-20-21-16(25-15)24-9-13(22)18-12-6-1-2-7-12/h3-5,8,12H,1-2,6-7,9H2,(H,18,22)(H,19,20,23). The van der Waals surface area contributed by atoms with E-state index >= 15 is 0 Å². The molecule has 2 aromatic rings. The second-order valence-electron chi connectivity index (χ2n) is 5.68. The third-order valence-electron chi connectivity index (χ3n) is 3.76. The number of amides is 2. The van der Waals surface area contributed by atoms with Gasteiger partial charge in [-0.05, 0) is 31.0 Å². The molecule has 1 aromatic heterocycles. The first kappa shape index (κ1) is 18.3. The van der Waals surface area contributed by atoms with Gasteiger partial charge in [0.1, 0.15) is 0 Å². The van der Waals surface area contributed by atoms with E-state index in [1.807, 2.05) is 6.07 Å². The van der Waals surface area contributed by atoms with Crippen molar-refractivity contribution >= 4 is 56.0 Å². The lowest BCUT2D eigenvalue weighted by Crippen LogP contribution is -2.33. The Balaban J connectivity index is 1.48.